The van der Waals surface area contributed by atoms with Gasteiger partial charge in [-0.25, -0.2) is 4.39 Å². The normalized spacial score (nSPS) is 23.1. The Morgan fingerprint density at radius 1 is 0.875 bits per heavy atom. The molecule has 1 unspecified atom stereocenters. The molecule has 2 aromatic rings. The molecule has 0 N–H and O–H groups in total. The minimum atomic E-state index is -0.338. The highest BCUT2D eigenvalue weighted by atomic mass is 19.1. The molecule has 80 valence electrons. The monoisotopic (exact) mass is 214 g/mol. The lowest BCUT2D eigenvalue weighted by molar-refractivity contribution is 0.349. The second-order valence-corrected chi connectivity index (χ2v) is 3.99. The Labute approximate surface area is 93.5 Å². The molecular formula is C14H11FO. The van der Waals surface area contributed by atoms with Gasteiger partial charge in [0, 0.05) is 0 Å². The second kappa shape index (κ2) is 3.42. The predicted octanol–water partition coefficient (Wildman–Crippen LogP) is 3.10. The Morgan fingerprint density at radius 3 is 2.00 bits per heavy atom. The Bertz CT molecular complexity index is 486. The minimum Gasteiger partial charge on any atom is -0.359 e. The summed E-state index contributed by atoms with van der Waals surface area (Å²) in [6.45, 7) is 0.669. The molecule has 2 aromatic carbocycles. The van der Waals surface area contributed by atoms with Crippen LogP contribution in [0.1, 0.15) is 11.1 Å². The lowest BCUT2D eigenvalue weighted by Crippen LogP contribution is -2.10. The number of ether oxygens (including phenoxy) is 1. The van der Waals surface area contributed by atoms with Gasteiger partial charge in [0.1, 0.15) is 11.4 Å². The summed E-state index contributed by atoms with van der Waals surface area (Å²) in [5.41, 5.74) is 1.80. The fraction of sp³-hybridized carbons (Fsp3) is 0.143. The van der Waals surface area contributed by atoms with Crippen LogP contribution in [-0.2, 0) is 10.3 Å². The first-order valence-corrected chi connectivity index (χ1v) is 5.27. The molecule has 16 heavy (non-hydrogen) atoms. The summed E-state index contributed by atoms with van der Waals surface area (Å²) in [7, 11) is 0. The van der Waals surface area contributed by atoms with Crippen LogP contribution in [0.3, 0.4) is 0 Å². The molecule has 1 atom stereocenters. The van der Waals surface area contributed by atoms with Crippen LogP contribution in [-0.4, -0.2) is 6.61 Å². The van der Waals surface area contributed by atoms with E-state index in [1.54, 1.807) is 12.1 Å². The molecule has 1 heterocycles. The van der Waals surface area contributed by atoms with Gasteiger partial charge in [-0.2, -0.15) is 0 Å². The Balaban J connectivity index is 2.03. The van der Waals surface area contributed by atoms with Crippen LogP contribution in [0.15, 0.2) is 54.6 Å². The van der Waals surface area contributed by atoms with Gasteiger partial charge in [0.2, 0.25) is 0 Å². The van der Waals surface area contributed by atoms with Crippen molar-refractivity contribution < 1.29 is 9.13 Å². The zero-order valence-electron chi connectivity index (χ0n) is 8.69. The van der Waals surface area contributed by atoms with Gasteiger partial charge in [0.05, 0.1) is 6.61 Å². The average molecular weight is 214 g/mol. The largest absolute Gasteiger partial charge is 0.359 e. The molecule has 2 heteroatoms. The van der Waals surface area contributed by atoms with Gasteiger partial charge in [0.25, 0.3) is 0 Å². The molecule has 1 saturated heterocycles. The maximum absolute atomic E-state index is 12.9. The molecule has 0 bridgehead atoms. The molecule has 0 radical (unpaired) electrons. The van der Waals surface area contributed by atoms with E-state index in [2.05, 4.69) is 0 Å². The molecule has 0 amide bonds. The average Bonchev–Trinajstić information content (AvgIpc) is 3.13. The van der Waals surface area contributed by atoms with Crippen LogP contribution in [0.5, 0.6) is 0 Å². The summed E-state index contributed by atoms with van der Waals surface area (Å²) in [6, 6.07) is 16.6. The summed E-state index contributed by atoms with van der Waals surface area (Å²) in [5.74, 6) is -0.215. The molecule has 1 aliphatic rings. The standard InChI is InChI=1S/C14H11FO/c15-13-8-6-12(7-9-13)14(10-16-14)11-4-2-1-3-5-11/h1-9H,10H2. The smallest absolute Gasteiger partial charge is 0.142 e. The third-order valence-corrected chi connectivity index (χ3v) is 2.98. The van der Waals surface area contributed by atoms with Gasteiger partial charge in [-0.1, -0.05) is 42.5 Å². The first kappa shape index (κ1) is 9.55. The van der Waals surface area contributed by atoms with Gasteiger partial charge in [-0.05, 0) is 23.3 Å². The summed E-state index contributed by atoms with van der Waals surface area (Å²) in [5, 5.41) is 0. The van der Waals surface area contributed by atoms with E-state index in [-0.39, 0.29) is 11.4 Å². The number of benzene rings is 2. The van der Waals surface area contributed by atoms with Crippen LogP contribution in [0.4, 0.5) is 4.39 Å². The number of rotatable bonds is 2. The van der Waals surface area contributed by atoms with Crippen molar-refractivity contribution >= 4 is 0 Å². The number of halogens is 1. The van der Waals surface area contributed by atoms with Gasteiger partial charge < -0.3 is 4.74 Å². The summed E-state index contributed by atoms with van der Waals surface area (Å²) < 4.78 is 18.4. The lowest BCUT2D eigenvalue weighted by atomic mass is 9.92. The highest BCUT2D eigenvalue weighted by Crippen LogP contribution is 2.44. The maximum Gasteiger partial charge on any atom is 0.142 e. The van der Waals surface area contributed by atoms with E-state index in [0.717, 1.165) is 11.1 Å². The zero-order chi connectivity index (χ0) is 11.0. The highest BCUT2D eigenvalue weighted by Gasteiger charge is 2.47. The van der Waals surface area contributed by atoms with Crippen molar-refractivity contribution in [3.05, 3.63) is 71.5 Å². The van der Waals surface area contributed by atoms with Crippen LogP contribution >= 0.6 is 0 Å². The van der Waals surface area contributed by atoms with E-state index in [9.17, 15) is 4.39 Å². The third-order valence-electron chi connectivity index (χ3n) is 2.98. The van der Waals surface area contributed by atoms with E-state index in [1.165, 1.54) is 12.1 Å². The van der Waals surface area contributed by atoms with Crippen molar-refractivity contribution in [2.75, 3.05) is 6.61 Å². The van der Waals surface area contributed by atoms with E-state index in [4.69, 9.17) is 4.74 Å². The van der Waals surface area contributed by atoms with E-state index in [0.29, 0.717) is 6.61 Å². The van der Waals surface area contributed by atoms with Crippen LogP contribution in [0, 0.1) is 5.82 Å². The summed E-state index contributed by atoms with van der Waals surface area (Å²) >= 11 is 0. The first-order valence-electron chi connectivity index (χ1n) is 5.27. The van der Waals surface area contributed by atoms with Gasteiger partial charge in [0.15, 0.2) is 0 Å². The van der Waals surface area contributed by atoms with E-state index >= 15 is 0 Å². The minimum absolute atomic E-state index is 0.215. The van der Waals surface area contributed by atoms with Crippen molar-refractivity contribution in [1.82, 2.24) is 0 Å². The Morgan fingerprint density at radius 2 is 1.44 bits per heavy atom. The second-order valence-electron chi connectivity index (χ2n) is 3.99. The molecule has 0 aromatic heterocycles. The van der Waals surface area contributed by atoms with Crippen LogP contribution in [0.25, 0.3) is 0 Å². The SMILES string of the molecule is Fc1ccc(C2(c3ccccc3)CO2)cc1. The lowest BCUT2D eigenvalue weighted by Gasteiger charge is -2.12. The van der Waals surface area contributed by atoms with Crippen LogP contribution in [0.2, 0.25) is 0 Å². The highest BCUT2D eigenvalue weighted by molar-refractivity contribution is 5.40. The Hall–Kier alpha value is -1.67. The fourth-order valence-electron chi connectivity index (χ4n) is 2.00. The van der Waals surface area contributed by atoms with Gasteiger partial charge in [-0.15, -0.1) is 0 Å². The number of hydrogen-bond donors (Lipinski definition) is 0. The zero-order valence-corrected chi connectivity index (χ0v) is 8.69. The molecule has 3 rings (SSSR count). The van der Waals surface area contributed by atoms with Gasteiger partial charge in [-0.3, -0.25) is 0 Å². The maximum atomic E-state index is 12.9. The van der Waals surface area contributed by atoms with Crippen molar-refractivity contribution in [2.24, 2.45) is 0 Å². The Kier molecular flexibility index (Phi) is 2.04. The fourth-order valence-corrected chi connectivity index (χ4v) is 2.00. The third kappa shape index (κ3) is 1.42. The predicted molar refractivity (Wildman–Crippen MR) is 59.6 cm³/mol. The molecular weight excluding hydrogens is 203 g/mol. The molecule has 0 aliphatic carbocycles. The number of hydrogen-bond acceptors (Lipinski definition) is 1. The van der Waals surface area contributed by atoms with Crippen molar-refractivity contribution in [3.63, 3.8) is 0 Å². The first-order chi connectivity index (χ1) is 7.81. The molecule has 0 spiro atoms. The summed E-state index contributed by atoms with van der Waals surface area (Å²) in [6.07, 6.45) is 0. The summed E-state index contributed by atoms with van der Waals surface area (Å²) in [4.78, 5) is 0. The molecule has 1 nitrogen and oxygen atoms in total. The molecule has 1 fully saturated rings. The van der Waals surface area contributed by atoms with Crippen molar-refractivity contribution in [2.45, 2.75) is 5.60 Å². The molecule has 0 saturated carbocycles. The van der Waals surface area contributed by atoms with Crippen molar-refractivity contribution in [3.8, 4) is 0 Å². The van der Waals surface area contributed by atoms with Crippen molar-refractivity contribution in [1.29, 1.82) is 0 Å². The van der Waals surface area contributed by atoms with Crippen LogP contribution < -0.4 is 0 Å². The van der Waals surface area contributed by atoms with E-state index < -0.39 is 0 Å². The number of epoxide rings is 1. The molecule has 1 aliphatic heterocycles. The topological polar surface area (TPSA) is 12.5 Å². The van der Waals surface area contributed by atoms with E-state index in [1.807, 2.05) is 30.3 Å². The van der Waals surface area contributed by atoms with Gasteiger partial charge >= 0.3 is 0 Å². The quantitative estimate of drug-likeness (QED) is 0.700.